The summed E-state index contributed by atoms with van der Waals surface area (Å²) in [5.41, 5.74) is 7.77. The van der Waals surface area contributed by atoms with Gasteiger partial charge < -0.3 is 16.4 Å². The molecule has 0 aromatic heterocycles. The van der Waals surface area contributed by atoms with Crippen LogP contribution in [0.3, 0.4) is 0 Å². The van der Waals surface area contributed by atoms with E-state index >= 15 is 0 Å². The summed E-state index contributed by atoms with van der Waals surface area (Å²) in [7, 11) is 1.57. The van der Waals surface area contributed by atoms with Crippen LogP contribution in [0.1, 0.15) is 31.8 Å². The highest BCUT2D eigenvalue weighted by Gasteiger charge is 2.03. The predicted octanol–water partition coefficient (Wildman–Crippen LogP) is 1.47. The summed E-state index contributed by atoms with van der Waals surface area (Å²) in [4.78, 5) is 34.5. The molecule has 2 aromatic rings. The van der Waals surface area contributed by atoms with Crippen LogP contribution in [0.5, 0.6) is 0 Å². The number of benzene rings is 2. The summed E-state index contributed by atoms with van der Waals surface area (Å²) in [6, 6.07) is 13.7. The summed E-state index contributed by atoms with van der Waals surface area (Å²) >= 11 is 0. The highest BCUT2D eigenvalue weighted by Crippen LogP contribution is 2.07. The van der Waals surface area contributed by atoms with E-state index in [1.165, 1.54) is 6.08 Å². The van der Waals surface area contributed by atoms with Gasteiger partial charge in [-0.25, -0.2) is 0 Å². The zero-order valence-corrected chi connectivity index (χ0v) is 13.8. The molecule has 0 bridgehead atoms. The number of hydrogen-bond acceptors (Lipinski definition) is 3. The highest BCUT2D eigenvalue weighted by molar-refractivity contribution is 5.95. The molecule has 25 heavy (non-hydrogen) atoms. The number of hydrogen-bond donors (Lipinski definition) is 3. The third-order valence-electron chi connectivity index (χ3n) is 3.51. The van der Waals surface area contributed by atoms with Crippen molar-refractivity contribution < 1.29 is 14.4 Å². The molecule has 0 atom stereocenters. The molecule has 0 fully saturated rings. The van der Waals surface area contributed by atoms with Crippen LogP contribution in [-0.2, 0) is 11.3 Å². The van der Waals surface area contributed by atoms with Crippen LogP contribution in [0.4, 0.5) is 0 Å². The smallest absolute Gasteiger partial charge is 0.251 e. The maximum atomic E-state index is 11.9. The van der Waals surface area contributed by atoms with Gasteiger partial charge in [-0.1, -0.05) is 24.3 Å². The van der Waals surface area contributed by atoms with Crippen LogP contribution < -0.4 is 16.4 Å². The quantitative estimate of drug-likeness (QED) is 0.696. The molecule has 0 spiro atoms. The second kappa shape index (κ2) is 8.44. The third-order valence-corrected chi connectivity index (χ3v) is 3.51. The van der Waals surface area contributed by atoms with Gasteiger partial charge in [0.1, 0.15) is 0 Å². The first-order valence-corrected chi connectivity index (χ1v) is 7.66. The number of rotatable bonds is 6. The molecule has 0 saturated carbocycles. The molecule has 0 aliphatic carbocycles. The first kappa shape index (κ1) is 17.9. The van der Waals surface area contributed by atoms with Gasteiger partial charge in [-0.05, 0) is 41.5 Å². The molecule has 4 N–H and O–H groups in total. The van der Waals surface area contributed by atoms with Gasteiger partial charge in [0, 0.05) is 30.8 Å². The Morgan fingerprint density at radius 1 is 1.04 bits per heavy atom. The molecule has 0 saturated heterocycles. The van der Waals surface area contributed by atoms with E-state index in [4.69, 9.17) is 5.73 Å². The van der Waals surface area contributed by atoms with E-state index < -0.39 is 5.91 Å². The van der Waals surface area contributed by atoms with Crippen molar-refractivity contribution in [2.45, 2.75) is 6.54 Å². The van der Waals surface area contributed by atoms with E-state index in [9.17, 15) is 14.4 Å². The number of primary amides is 1. The number of amides is 3. The molecule has 0 unspecified atom stereocenters. The fourth-order valence-electron chi connectivity index (χ4n) is 2.14. The van der Waals surface area contributed by atoms with E-state index in [2.05, 4.69) is 10.6 Å². The lowest BCUT2D eigenvalue weighted by Gasteiger charge is -2.04. The van der Waals surface area contributed by atoms with Gasteiger partial charge in [-0.3, -0.25) is 14.4 Å². The van der Waals surface area contributed by atoms with Crippen molar-refractivity contribution in [3.8, 4) is 0 Å². The second-order valence-electron chi connectivity index (χ2n) is 5.32. The van der Waals surface area contributed by atoms with Crippen molar-refractivity contribution in [2.75, 3.05) is 7.05 Å². The number of carbonyl (C=O) groups is 3. The molecule has 0 aliphatic rings. The van der Waals surface area contributed by atoms with Crippen molar-refractivity contribution >= 4 is 23.8 Å². The van der Waals surface area contributed by atoms with Gasteiger partial charge in [0.25, 0.3) is 5.91 Å². The molecule has 2 aromatic carbocycles. The number of nitrogens with one attached hydrogen (secondary N) is 2. The average molecular weight is 337 g/mol. The number of nitrogens with two attached hydrogens (primary N) is 1. The van der Waals surface area contributed by atoms with E-state index in [1.807, 2.05) is 0 Å². The van der Waals surface area contributed by atoms with Crippen molar-refractivity contribution in [3.63, 3.8) is 0 Å². The molecule has 6 heteroatoms. The van der Waals surface area contributed by atoms with E-state index in [-0.39, 0.29) is 11.8 Å². The minimum Gasteiger partial charge on any atom is -0.366 e. The Hall–Kier alpha value is -3.41. The first-order chi connectivity index (χ1) is 12.0. The lowest BCUT2D eigenvalue weighted by molar-refractivity contribution is -0.116. The van der Waals surface area contributed by atoms with Gasteiger partial charge in [-0.15, -0.1) is 0 Å². The molecular weight excluding hydrogens is 318 g/mol. The van der Waals surface area contributed by atoms with Gasteiger partial charge in [0.15, 0.2) is 0 Å². The lowest BCUT2D eigenvalue weighted by Crippen LogP contribution is -2.20. The molecule has 2 rings (SSSR count). The standard InChI is InChI=1S/C19H19N3O3/c1-21-19(25)15-8-5-13(6-9-15)7-10-17(23)22-12-14-3-2-4-16(11-14)18(20)24/h2-11H,12H2,1H3,(H2,20,24)(H,21,25)(H,22,23)/b10-7+. The first-order valence-electron chi connectivity index (χ1n) is 7.66. The maximum absolute atomic E-state index is 11.9. The molecule has 0 radical (unpaired) electrons. The Balaban J connectivity index is 1.91. The fraction of sp³-hybridized carbons (Fsp3) is 0.105. The van der Waals surface area contributed by atoms with Crippen molar-refractivity contribution in [3.05, 3.63) is 76.9 Å². The van der Waals surface area contributed by atoms with Crippen LogP contribution >= 0.6 is 0 Å². The Morgan fingerprint density at radius 2 is 1.76 bits per heavy atom. The summed E-state index contributed by atoms with van der Waals surface area (Å²) in [5, 5.41) is 5.28. The summed E-state index contributed by atoms with van der Waals surface area (Å²) in [6.07, 6.45) is 3.07. The Labute approximate surface area is 145 Å². The van der Waals surface area contributed by atoms with Crippen LogP contribution in [0.2, 0.25) is 0 Å². The molecule has 128 valence electrons. The normalized spacial score (nSPS) is 10.4. The summed E-state index contributed by atoms with van der Waals surface area (Å²) in [6.45, 7) is 0.292. The summed E-state index contributed by atoms with van der Waals surface area (Å²) < 4.78 is 0. The molecule has 3 amide bonds. The van der Waals surface area contributed by atoms with E-state index in [0.717, 1.165) is 11.1 Å². The van der Waals surface area contributed by atoms with E-state index in [0.29, 0.717) is 17.7 Å². The molecular formula is C19H19N3O3. The van der Waals surface area contributed by atoms with Crippen LogP contribution in [-0.4, -0.2) is 24.8 Å². The van der Waals surface area contributed by atoms with Gasteiger partial charge in [0.2, 0.25) is 11.8 Å². The molecule has 0 aliphatic heterocycles. The second-order valence-corrected chi connectivity index (χ2v) is 5.32. The Kier molecular flexibility index (Phi) is 6.06. The van der Waals surface area contributed by atoms with Crippen LogP contribution in [0.15, 0.2) is 54.6 Å². The van der Waals surface area contributed by atoms with Crippen molar-refractivity contribution in [1.82, 2.24) is 10.6 Å². The minimum absolute atomic E-state index is 0.161. The monoisotopic (exact) mass is 337 g/mol. The topological polar surface area (TPSA) is 101 Å². The van der Waals surface area contributed by atoms with Gasteiger partial charge in [0.05, 0.1) is 0 Å². The van der Waals surface area contributed by atoms with Gasteiger partial charge in [-0.2, -0.15) is 0 Å². The summed E-state index contributed by atoms with van der Waals surface area (Å²) in [5.74, 6) is -0.931. The number of carbonyl (C=O) groups excluding carboxylic acids is 3. The van der Waals surface area contributed by atoms with Crippen LogP contribution in [0, 0.1) is 0 Å². The zero-order chi connectivity index (χ0) is 18.2. The average Bonchev–Trinajstić information content (AvgIpc) is 2.64. The maximum Gasteiger partial charge on any atom is 0.251 e. The Morgan fingerprint density at radius 3 is 2.40 bits per heavy atom. The minimum atomic E-state index is -0.506. The fourth-order valence-corrected chi connectivity index (χ4v) is 2.14. The molecule has 0 heterocycles. The van der Waals surface area contributed by atoms with E-state index in [1.54, 1.807) is 61.7 Å². The SMILES string of the molecule is CNC(=O)c1ccc(/C=C/C(=O)NCc2cccc(C(N)=O)c2)cc1. The van der Waals surface area contributed by atoms with Crippen molar-refractivity contribution in [1.29, 1.82) is 0 Å². The largest absolute Gasteiger partial charge is 0.366 e. The molecule has 6 nitrogen and oxygen atoms in total. The van der Waals surface area contributed by atoms with Crippen molar-refractivity contribution in [2.24, 2.45) is 5.73 Å². The van der Waals surface area contributed by atoms with Gasteiger partial charge >= 0.3 is 0 Å². The highest BCUT2D eigenvalue weighted by atomic mass is 16.2. The zero-order valence-electron chi connectivity index (χ0n) is 13.8. The third kappa shape index (κ3) is 5.31. The Bertz CT molecular complexity index is 811. The van der Waals surface area contributed by atoms with Crippen LogP contribution in [0.25, 0.3) is 6.08 Å². The predicted molar refractivity (Wildman–Crippen MR) is 95.7 cm³/mol. The lowest BCUT2D eigenvalue weighted by atomic mass is 10.1.